The molecule has 1 aromatic heterocycles. The minimum Gasteiger partial charge on any atom is -0.375 e. The third-order valence-corrected chi connectivity index (χ3v) is 7.75. The van der Waals surface area contributed by atoms with Crippen LogP contribution in [-0.2, 0) is 25.0 Å². The first-order chi connectivity index (χ1) is 12.3. The zero-order valence-electron chi connectivity index (χ0n) is 15.0. The van der Waals surface area contributed by atoms with E-state index in [0.29, 0.717) is 37.6 Å². The minimum atomic E-state index is -3.26. The maximum Gasteiger partial charge on any atom is 0.248 e. The Hall–Kier alpha value is -1.52. The number of nitrogens with zero attached hydrogens (tertiary/aromatic N) is 3. The predicted molar refractivity (Wildman–Crippen MR) is 90.8 cm³/mol. The Labute approximate surface area is 152 Å². The minimum absolute atomic E-state index is 0.0311. The second-order valence-corrected chi connectivity index (χ2v) is 9.70. The lowest BCUT2D eigenvalue weighted by Crippen LogP contribution is -2.41. The van der Waals surface area contributed by atoms with Crippen molar-refractivity contribution in [3.05, 3.63) is 11.7 Å². The molecule has 2 aliphatic carbocycles. The van der Waals surface area contributed by atoms with Crippen LogP contribution in [0.15, 0.2) is 4.52 Å². The molecular formula is C16H24N4O5S. The molecule has 3 aliphatic rings. The van der Waals surface area contributed by atoms with E-state index in [0.717, 1.165) is 12.8 Å². The van der Waals surface area contributed by atoms with Crippen molar-refractivity contribution in [1.29, 1.82) is 0 Å². The summed E-state index contributed by atoms with van der Waals surface area (Å²) in [5.74, 6) is 1.04. The van der Waals surface area contributed by atoms with Crippen molar-refractivity contribution in [2.45, 2.75) is 49.3 Å². The quantitative estimate of drug-likeness (QED) is 0.732. The van der Waals surface area contributed by atoms with Crippen LogP contribution in [0.1, 0.15) is 37.4 Å². The van der Waals surface area contributed by atoms with Gasteiger partial charge in [-0.25, -0.2) is 13.1 Å². The molecule has 4 rings (SSSR count). The standard InChI is InChI=1S/C16H24N4O5S/c1-10-17-15(25-18-10)16-6-12(19-26(22,23)13-3-4-13)5-11(16)7-20(9-16)14(21)8-24-2/h11-13,19H,3-9H2,1-2H3/t11?,12-,16+/m1/s1. The fourth-order valence-corrected chi connectivity index (χ4v) is 6.00. The Kier molecular flexibility index (Phi) is 4.31. The van der Waals surface area contributed by atoms with E-state index < -0.39 is 15.4 Å². The summed E-state index contributed by atoms with van der Waals surface area (Å²) < 4.78 is 38.0. The van der Waals surface area contributed by atoms with Crippen LogP contribution < -0.4 is 4.72 Å². The van der Waals surface area contributed by atoms with Crippen LogP contribution in [0, 0.1) is 12.8 Å². The van der Waals surface area contributed by atoms with Crippen molar-refractivity contribution < 1.29 is 22.5 Å². The van der Waals surface area contributed by atoms with E-state index in [4.69, 9.17) is 9.26 Å². The number of hydrogen-bond donors (Lipinski definition) is 1. The molecule has 0 bridgehead atoms. The van der Waals surface area contributed by atoms with Gasteiger partial charge in [0, 0.05) is 26.2 Å². The number of fused-ring (bicyclic) bond motifs is 1. The van der Waals surface area contributed by atoms with Crippen LogP contribution in [0.3, 0.4) is 0 Å². The molecule has 1 saturated heterocycles. The first-order valence-corrected chi connectivity index (χ1v) is 10.5. The number of hydrogen-bond acceptors (Lipinski definition) is 7. The van der Waals surface area contributed by atoms with Crippen LogP contribution in [0.2, 0.25) is 0 Å². The Bertz CT molecular complexity index is 805. The first kappa shape index (κ1) is 17.9. The molecule has 1 unspecified atom stereocenters. The van der Waals surface area contributed by atoms with E-state index >= 15 is 0 Å². The molecule has 0 aromatic carbocycles. The maximum atomic E-state index is 12.3. The second-order valence-electron chi connectivity index (χ2n) is 7.71. The van der Waals surface area contributed by atoms with Gasteiger partial charge < -0.3 is 14.2 Å². The summed E-state index contributed by atoms with van der Waals surface area (Å²) in [6.45, 7) is 2.78. The van der Waals surface area contributed by atoms with Gasteiger partial charge in [0.15, 0.2) is 5.82 Å². The summed E-state index contributed by atoms with van der Waals surface area (Å²) >= 11 is 0. The summed E-state index contributed by atoms with van der Waals surface area (Å²) in [7, 11) is -1.77. The molecule has 144 valence electrons. The van der Waals surface area contributed by atoms with Gasteiger partial charge in [0.1, 0.15) is 6.61 Å². The summed E-state index contributed by atoms with van der Waals surface area (Å²) in [5, 5.41) is 3.66. The van der Waals surface area contributed by atoms with Gasteiger partial charge in [-0.3, -0.25) is 4.79 Å². The molecule has 1 amide bonds. The number of aryl methyl sites for hydroxylation is 1. The number of carbonyl (C=O) groups excluding carboxylic acids is 1. The molecule has 2 heterocycles. The van der Waals surface area contributed by atoms with Crippen LogP contribution in [0.4, 0.5) is 0 Å². The number of sulfonamides is 1. The molecule has 2 saturated carbocycles. The summed E-state index contributed by atoms with van der Waals surface area (Å²) in [4.78, 5) is 18.5. The summed E-state index contributed by atoms with van der Waals surface area (Å²) in [6, 6.07) is -0.169. The Morgan fingerprint density at radius 3 is 2.85 bits per heavy atom. The second kappa shape index (κ2) is 6.28. The third kappa shape index (κ3) is 3.03. The molecule has 1 aromatic rings. The van der Waals surface area contributed by atoms with Gasteiger partial charge in [-0.1, -0.05) is 5.16 Å². The highest BCUT2D eigenvalue weighted by Gasteiger charge is 2.58. The highest BCUT2D eigenvalue weighted by Crippen LogP contribution is 2.50. The number of aromatic nitrogens is 2. The van der Waals surface area contributed by atoms with Gasteiger partial charge in [0.25, 0.3) is 0 Å². The average Bonchev–Trinajstić information content (AvgIpc) is 3.14. The first-order valence-electron chi connectivity index (χ1n) is 8.93. The lowest BCUT2D eigenvalue weighted by molar-refractivity contribution is -0.134. The molecular weight excluding hydrogens is 360 g/mol. The molecule has 10 heteroatoms. The van der Waals surface area contributed by atoms with Crippen LogP contribution in [0.25, 0.3) is 0 Å². The Morgan fingerprint density at radius 1 is 1.46 bits per heavy atom. The lowest BCUT2D eigenvalue weighted by atomic mass is 9.80. The van der Waals surface area contributed by atoms with E-state index in [1.54, 1.807) is 11.8 Å². The molecule has 0 spiro atoms. The predicted octanol–water partition coefficient (Wildman–Crippen LogP) is -0.0352. The molecule has 3 atom stereocenters. The topological polar surface area (TPSA) is 115 Å². The number of amides is 1. The SMILES string of the molecule is COCC(=O)N1CC2C[C@@H](NS(=O)(=O)C3CC3)C[C@]2(c2nc(C)no2)C1. The number of nitrogens with one attached hydrogen (secondary N) is 1. The highest BCUT2D eigenvalue weighted by atomic mass is 32.2. The van der Waals surface area contributed by atoms with Gasteiger partial charge in [0.2, 0.25) is 21.8 Å². The third-order valence-electron chi connectivity index (χ3n) is 5.74. The van der Waals surface area contributed by atoms with Gasteiger partial charge in [-0.2, -0.15) is 4.98 Å². The molecule has 3 fully saturated rings. The number of carbonyl (C=O) groups is 1. The van der Waals surface area contributed by atoms with Crippen LogP contribution in [-0.4, -0.2) is 67.5 Å². The largest absolute Gasteiger partial charge is 0.375 e. The number of methoxy groups -OCH3 is 1. The van der Waals surface area contributed by atoms with Crippen molar-refractivity contribution in [2.75, 3.05) is 26.8 Å². The summed E-state index contributed by atoms with van der Waals surface area (Å²) in [5.41, 5.74) is -0.499. The molecule has 1 N–H and O–H groups in total. The van der Waals surface area contributed by atoms with Crippen LogP contribution >= 0.6 is 0 Å². The van der Waals surface area contributed by atoms with Gasteiger partial charge in [0.05, 0.1) is 10.7 Å². The molecule has 9 nitrogen and oxygen atoms in total. The van der Waals surface area contributed by atoms with Crippen molar-refractivity contribution in [1.82, 2.24) is 19.8 Å². The smallest absolute Gasteiger partial charge is 0.248 e. The van der Waals surface area contributed by atoms with Crippen molar-refractivity contribution in [3.8, 4) is 0 Å². The van der Waals surface area contributed by atoms with Gasteiger partial charge in [-0.15, -0.1) is 0 Å². The lowest BCUT2D eigenvalue weighted by Gasteiger charge is -2.25. The number of ether oxygens (including phenoxy) is 1. The van der Waals surface area contributed by atoms with Gasteiger partial charge >= 0.3 is 0 Å². The number of rotatable bonds is 6. The van der Waals surface area contributed by atoms with E-state index in [1.807, 2.05) is 0 Å². The molecule has 0 radical (unpaired) electrons. The monoisotopic (exact) mass is 384 g/mol. The fraction of sp³-hybridized carbons (Fsp3) is 0.812. The van der Waals surface area contributed by atoms with E-state index in [2.05, 4.69) is 14.9 Å². The van der Waals surface area contributed by atoms with E-state index in [9.17, 15) is 13.2 Å². The Balaban J connectivity index is 1.57. The van der Waals surface area contributed by atoms with Crippen LogP contribution in [0.5, 0.6) is 0 Å². The number of likely N-dealkylation sites (tertiary alicyclic amines) is 1. The van der Waals surface area contributed by atoms with E-state index in [-0.39, 0.29) is 29.7 Å². The zero-order valence-corrected chi connectivity index (χ0v) is 15.8. The fourth-order valence-electron chi connectivity index (χ4n) is 4.40. The van der Waals surface area contributed by atoms with Crippen molar-refractivity contribution >= 4 is 15.9 Å². The maximum absolute atomic E-state index is 12.3. The van der Waals surface area contributed by atoms with Crippen molar-refractivity contribution in [3.63, 3.8) is 0 Å². The summed E-state index contributed by atoms with van der Waals surface area (Å²) in [6.07, 6.45) is 2.68. The van der Waals surface area contributed by atoms with E-state index in [1.165, 1.54) is 7.11 Å². The Morgan fingerprint density at radius 2 is 2.23 bits per heavy atom. The average molecular weight is 384 g/mol. The van der Waals surface area contributed by atoms with Crippen molar-refractivity contribution in [2.24, 2.45) is 5.92 Å². The molecule has 1 aliphatic heterocycles. The highest BCUT2D eigenvalue weighted by molar-refractivity contribution is 7.90. The van der Waals surface area contributed by atoms with Gasteiger partial charge in [-0.05, 0) is 38.5 Å². The molecule has 26 heavy (non-hydrogen) atoms. The zero-order chi connectivity index (χ0) is 18.5. The normalized spacial score (nSPS) is 31.4.